The van der Waals surface area contributed by atoms with Crippen molar-refractivity contribution in [2.24, 2.45) is 5.73 Å². The van der Waals surface area contributed by atoms with E-state index in [-0.39, 0.29) is 5.96 Å². The summed E-state index contributed by atoms with van der Waals surface area (Å²) >= 11 is 0. The molecule has 0 aromatic carbocycles. The molecule has 0 aliphatic rings. The highest BCUT2D eigenvalue weighted by atomic mass is 15.2. The van der Waals surface area contributed by atoms with Crippen LogP contribution in [0.25, 0.3) is 0 Å². The Kier molecular flexibility index (Phi) is 2.69. The molecule has 0 aromatic heterocycles. The number of allylic oxidation sites excluding steroid dienone is 1. The van der Waals surface area contributed by atoms with E-state index in [0.717, 1.165) is 0 Å². The summed E-state index contributed by atoms with van der Waals surface area (Å²) in [7, 11) is 1.72. The van der Waals surface area contributed by atoms with E-state index in [4.69, 9.17) is 11.1 Å². The molecule has 0 saturated heterocycles. The van der Waals surface area contributed by atoms with Crippen LogP contribution in [0, 0.1) is 5.41 Å². The standard InChI is InChI=1S/C5H11N3/c1-3-4-8(2)5(6)7/h3-4H,1-2H3,(H3,6,7)/b4-3-. The molecule has 0 bridgehead atoms. The average Bonchev–Trinajstić information content (AvgIpc) is 1.67. The van der Waals surface area contributed by atoms with Gasteiger partial charge in [0.1, 0.15) is 0 Å². The van der Waals surface area contributed by atoms with Crippen LogP contribution < -0.4 is 5.73 Å². The third-order valence-electron chi connectivity index (χ3n) is 0.753. The maximum Gasteiger partial charge on any atom is 0.192 e. The minimum atomic E-state index is 0.0584. The van der Waals surface area contributed by atoms with Gasteiger partial charge in [-0.05, 0) is 6.92 Å². The first kappa shape index (κ1) is 7.01. The third-order valence-corrected chi connectivity index (χ3v) is 0.753. The molecule has 0 spiro atoms. The van der Waals surface area contributed by atoms with Gasteiger partial charge in [-0.1, -0.05) is 6.08 Å². The Morgan fingerprint density at radius 3 is 2.38 bits per heavy atom. The van der Waals surface area contributed by atoms with E-state index < -0.39 is 0 Å². The van der Waals surface area contributed by atoms with Crippen molar-refractivity contribution in [3.05, 3.63) is 12.3 Å². The summed E-state index contributed by atoms with van der Waals surface area (Å²) in [6.45, 7) is 1.87. The van der Waals surface area contributed by atoms with Gasteiger partial charge in [0, 0.05) is 13.2 Å². The first-order valence-electron chi connectivity index (χ1n) is 2.38. The van der Waals surface area contributed by atoms with Crippen molar-refractivity contribution < 1.29 is 0 Å². The number of hydrogen-bond acceptors (Lipinski definition) is 1. The van der Waals surface area contributed by atoms with Gasteiger partial charge in [-0.2, -0.15) is 0 Å². The predicted molar refractivity (Wildman–Crippen MR) is 34.5 cm³/mol. The number of nitrogens with zero attached hydrogens (tertiary/aromatic N) is 1. The van der Waals surface area contributed by atoms with Crippen molar-refractivity contribution in [1.82, 2.24) is 4.90 Å². The molecule has 46 valence electrons. The monoisotopic (exact) mass is 113 g/mol. The first-order valence-corrected chi connectivity index (χ1v) is 2.38. The maximum atomic E-state index is 6.86. The van der Waals surface area contributed by atoms with Gasteiger partial charge in [-0.15, -0.1) is 0 Å². The normalized spacial score (nSPS) is 9.75. The molecule has 0 amide bonds. The van der Waals surface area contributed by atoms with Crippen molar-refractivity contribution in [3.8, 4) is 0 Å². The van der Waals surface area contributed by atoms with Gasteiger partial charge in [-0.25, -0.2) is 0 Å². The fraction of sp³-hybridized carbons (Fsp3) is 0.400. The minimum Gasteiger partial charge on any atom is -0.370 e. The van der Waals surface area contributed by atoms with Crippen LogP contribution in [0.15, 0.2) is 12.3 Å². The van der Waals surface area contributed by atoms with Gasteiger partial charge >= 0.3 is 0 Å². The van der Waals surface area contributed by atoms with Gasteiger partial charge in [0.2, 0.25) is 0 Å². The molecule has 0 aromatic rings. The van der Waals surface area contributed by atoms with Crippen LogP contribution in [0.4, 0.5) is 0 Å². The zero-order valence-corrected chi connectivity index (χ0v) is 5.18. The molecule has 0 radical (unpaired) electrons. The minimum absolute atomic E-state index is 0.0584. The molecule has 0 aliphatic carbocycles. The Morgan fingerprint density at radius 1 is 1.75 bits per heavy atom. The summed E-state index contributed by atoms with van der Waals surface area (Å²) in [5.41, 5.74) is 5.08. The number of rotatable bonds is 1. The lowest BCUT2D eigenvalue weighted by molar-refractivity contribution is 0.671. The lowest BCUT2D eigenvalue weighted by atomic mass is 10.6. The maximum absolute atomic E-state index is 6.86. The summed E-state index contributed by atoms with van der Waals surface area (Å²) < 4.78 is 0. The van der Waals surface area contributed by atoms with Crippen molar-refractivity contribution in [3.63, 3.8) is 0 Å². The fourth-order valence-corrected chi connectivity index (χ4v) is 0.304. The SMILES string of the molecule is C/C=C\N(C)C(=N)N. The Balaban J connectivity index is 3.64. The summed E-state index contributed by atoms with van der Waals surface area (Å²) in [5, 5.41) is 6.86. The lowest BCUT2D eigenvalue weighted by Gasteiger charge is -2.08. The van der Waals surface area contributed by atoms with E-state index in [1.54, 1.807) is 13.2 Å². The summed E-state index contributed by atoms with van der Waals surface area (Å²) in [6.07, 6.45) is 3.55. The zero-order valence-electron chi connectivity index (χ0n) is 5.18. The largest absolute Gasteiger partial charge is 0.370 e. The molecule has 0 heterocycles. The molecule has 8 heavy (non-hydrogen) atoms. The zero-order chi connectivity index (χ0) is 6.57. The molecule has 3 nitrogen and oxygen atoms in total. The Hall–Kier alpha value is -0.990. The van der Waals surface area contributed by atoms with Gasteiger partial charge in [-0.3, -0.25) is 5.41 Å². The number of nitrogens with two attached hydrogens (primary N) is 1. The van der Waals surface area contributed by atoms with E-state index in [1.165, 1.54) is 4.90 Å². The van der Waals surface area contributed by atoms with E-state index in [1.807, 2.05) is 13.0 Å². The predicted octanol–water partition coefficient (Wildman–Crippen LogP) is 0.345. The molecular formula is C5H11N3. The van der Waals surface area contributed by atoms with E-state index in [9.17, 15) is 0 Å². The average molecular weight is 113 g/mol. The Labute approximate surface area is 49.3 Å². The van der Waals surface area contributed by atoms with Crippen LogP contribution in [0.5, 0.6) is 0 Å². The lowest BCUT2D eigenvalue weighted by Crippen LogP contribution is -2.27. The molecule has 0 aliphatic heterocycles. The molecule has 0 unspecified atom stereocenters. The second kappa shape index (κ2) is 3.07. The van der Waals surface area contributed by atoms with Crippen molar-refractivity contribution in [1.29, 1.82) is 5.41 Å². The van der Waals surface area contributed by atoms with E-state index in [0.29, 0.717) is 0 Å². The van der Waals surface area contributed by atoms with Crippen LogP contribution in [0.3, 0.4) is 0 Å². The van der Waals surface area contributed by atoms with Gasteiger partial charge < -0.3 is 10.6 Å². The second-order valence-electron chi connectivity index (χ2n) is 1.48. The van der Waals surface area contributed by atoms with Crippen LogP contribution in [0.1, 0.15) is 6.92 Å². The van der Waals surface area contributed by atoms with E-state index >= 15 is 0 Å². The first-order chi connectivity index (χ1) is 3.68. The molecule has 0 saturated carbocycles. The number of nitrogens with one attached hydrogen (secondary N) is 1. The van der Waals surface area contributed by atoms with Crippen molar-refractivity contribution in [2.45, 2.75) is 6.92 Å². The van der Waals surface area contributed by atoms with Crippen molar-refractivity contribution >= 4 is 5.96 Å². The Bertz CT molecular complexity index is 106. The quantitative estimate of drug-likeness (QED) is 0.380. The highest BCUT2D eigenvalue weighted by Gasteiger charge is 1.88. The molecule has 0 fully saturated rings. The number of hydrogen-bond donors (Lipinski definition) is 2. The molecule has 3 N–H and O–H groups in total. The molecular weight excluding hydrogens is 102 g/mol. The summed E-state index contributed by atoms with van der Waals surface area (Å²) in [4.78, 5) is 1.53. The highest BCUT2D eigenvalue weighted by Crippen LogP contribution is 1.78. The molecule has 3 heteroatoms. The fourth-order valence-electron chi connectivity index (χ4n) is 0.304. The Morgan fingerprint density at radius 2 is 2.25 bits per heavy atom. The van der Waals surface area contributed by atoms with Crippen LogP contribution in [0.2, 0.25) is 0 Å². The topological polar surface area (TPSA) is 53.1 Å². The van der Waals surface area contributed by atoms with Gasteiger partial charge in [0.05, 0.1) is 0 Å². The summed E-state index contributed by atoms with van der Waals surface area (Å²) in [5.74, 6) is 0.0584. The van der Waals surface area contributed by atoms with Gasteiger partial charge in [0.15, 0.2) is 5.96 Å². The molecule has 0 atom stereocenters. The van der Waals surface area contributed by atoms with Crippen LogP contribution >= 0.6 is 0 Å². The van der Waals surface area contributed by atoms with Crippen molar-refractivity contribution in [2.75, 3.05) is 7.05 Å². The van der Waals surface area contributed by atoms with Crippen LogP contribution in [-0.2, 0) is 0 Å². The molecule has 0 rings (SSSR count). The number of guanidine groups is 1. The summed E-state index contributed by atoms with van der Waals surface area (Å²) in [6, 6.07) is 0. The third kappa shape index (κ3) is 2.23. The smallest absolute Gasteiger partial charge is 0.192 e. The second-order valence-corrected chi connectivity index (χ2v) is 1.48. The highest BCUT2D eigenvalue weighted by molar-refractivity contribution is 5.75. The van der Waals surface area contributed by atoms with Crippen LogP contribution in [-0.4, -0.2) is 17.9 Å². The van der Waals surface area contributed by atoms with Gasteiger partial charge in [0.25, 0.3) is 0 Å². The van der Waals surface area contributed by atoms with E-state index in [2.05, 4.69) is 0 Å².